The maximum absolute atomic E-state index is 13.0. The number of hydrogen-bond acceptors (Lipinski definition) is 5. The molecule has 1 aliphatic rings. The maximum atomic E-state index is 13.0. The topological polar surface area (TPSA) is 47.3 Å². The van der Waals surface area contributed by atoms with Crippen LogP contribution in [0.5, 0.6) is 0 Å². The number of fused-ring (bicyclic) bond motifs is 4. The molecule has 3 aromatic heterocycles. The molecular weight excluding hydrogens is 448 g/mol. The Balaban J connectivity index is 1.26. The first kappa shape index (κ1) is 18.7. The van der Waals surface area contributed by atoms with Crippen LogP contribution in [0, 0.1) is 0 Å². The van der Waals surface area contributed by atoms with E-state index in [2.05, 4.69) is 24.3 Å². The van der Waals surface area contributed by atoms with Gasteiger partial charge in [-0.15, -0.1) is 22.7 Å². The van der Waals surface area contributed by atoms with Crippen molar-refractivity contribution >= 4 is 71.5 Å². The lowest BCUT2D eigenvalue weighted by Gasteiger charge is -2.00. The zero-order valence-corrected chi connectivity index (χ0v) is 18.8. The lowest BCUT2D eigenvalue weighted by atomic mass is 10.0. The van der Waals surface area contributed by atoms with Crippen LogP contribution in [-0.2, 0) is 0 Å². The fourth-order valence-corrected chi connectivity index (χ4v) is 6.60. The molecule has 3 nitrogen and oxygen atoms in total. The van der Waals surface area contributed by atoms with Crippen LogP contribution >= 0.6 is 22.7 Å². The van der Waals surface area contributed by atoms with Crippen molar-refractivity contribution in [2.24, 2.45) is 0 Å². The highest BCUT2D eigenvalue weighted by atomic mass is 32.1. The third-order valence-electron chi connectivity index (χ3n) is 6.05. The molecule has 6 aromatic rings. The van der Waals surface area contributed by atoms with E-state index < -0.39 is 0 Å². The molecule has 0 bridgehead atoms. The first-order chi connectivity index (χ1) is 16.1. The van der Waals surface area contributed by atoms with E-state index in [1.54, 1.807) is 28.7 Å². The number of ketones is 2. The summed E-state index contributed by atoms with van der Waals surface area (Å²) in [7, 11) is 0. The fraction of sp³-hybridized carbons (Fsp3) is 0. The van der Waals surface area contributed by atoms with Crippen LogP contribution in [0.4, 0.5) is 0 Å². The fourth-order valence-electron chi connectivity index (χ4n) is 4.43. The molecule has 0 fully saturated rings. The minimum atomic E-state index is -0.244. The summed E-state index contributed by atoms with van der Waals surface area (Å²) in [6.07, 6.45) is 1.58. The van der Waals surface area contributed by atoms with Crippen LogP contribution in [0.25, 0.3) is 47.0 Å². The number of carbonyl (C=O) groups is 2. The molecule has 3 heterocycles. The minimum absolute atomic E-state index is 0.159. The Morgan fingerprint density at radius 2 is 1.24 bits per heavy atom. The van der Waals surface area contributed by atoms with Crippen LogP contribution in [0.1, 0.15) is 26.5 Å². The van der Waals surface area contributed by atoms with E-state index in [0.717, 1.165) is 25.9 Å². The summed E-state index contributed by atoms with van der Waals surface area (Å²) in [6.45, 7) is 0. The maximum Gasteiger partial charge on any atom is 0.197 e. The molecule has 3 aromatic carbocycles. The van der Waals surface area contributed by atoms with Crippen molar-refractivity contribution in [2.75, 3.05) is 0 Å². The first-order valence-electron chi connectivity index (χ1n) is 10.5. The standard InChI is InChI=1S/C28H14O3S2/c29-27-19-9-15-5-1-2-6-16(15)10-20(19)28(30)21(27)12-18-13-24-22(31-18)14-26(33-24)25-11-17-7-3-4-8-23(17)32-25/h1-14H. The molecule has 5 heteroatoms. The van der Waals surface area contributed by atoms with Gasteiger partial charge in [-0.3, -0.25) is 9.59 Å². The number of Topliss-reactive ketones (excluding diaryl/α,β-unsaturated/α-hetero) is 2. The number of furan rings is 1. The molecule has 0 aliphatic heterocycles. The monoisotopic (exact) mass is 462 g/mol. The third-order valence-corrected chi connectivity index (χ3v) is 8.42. The summed E-state index contributed by atoms with van der Waals surface area (Å²) >= 11 is 3.41. The number of carbonyl (C=O) groups excluding carboxylic acids is 2. The lowest BCUT2D eigenvalue weighted by Crippen LogP contribution is -1.99. The Hall–Kier alpha value is -3.80. The SMILES string of the molecule is O=C1C(=Cc2cc3sc(-c4cc5ccccc5s4)cc3o2)C(=O)c2cc3ccccc3cc21. The van der Waals surface area contributed by atoms with Crippen molar-refractivity contribution in [1.29, 1.82) is 0 Å². The van der Waals surface area contributed by atoms with Crippen LogP contribution in [0.15, 0.2) is 88.9 Å². The molecule has 0 spiro atoms. The van der Waals surface area contributed by atoms with E-state index in [-0.39, 0.29) is 17.1 Å². The van der Waals surface area contributed by atoms with Crippen molar-refractivity contribution < 1.29 is 14.0 Å². The Kier molecular flexibility index (Phi) is 3.89. The summed E-state index contributed by atoms with van der Waals surface area (Å²) in [6, 6.07) is 25.9. The summed E-state index contributed by atoms with van der Waals surface area (Å²) in [5, 5.41) is 3.13. The van der Waals surface area contributed by atoms with Gasteiger partial charge >= 0.3 is 0 Å². The van der Waals surface area contributed by atoms with E-state index >= 15 is 0 Å². The zero-order valence-electron chi connectivity index (χ0n) is 17.1. The Bertz CT molecular complexity index is 1690. The quantitative estimate of drug-likeness (QED) is 0.193. The zero-order chi connectivity index (χ0) is 22.1. The van der Waals surface area contributed by atoms with Crippen LogP contribution < -0.4 is 0 Å². The molecule has 7 rings (SSSR count). The molecule has 0 atom stereocenters. The Morgan fingerprint density at radius 3 is 1.91 bits per heavy atom. The van der Waals surface area contributed by atoms with E-state index in [1.165, 1.54) is 15.0 Å². The summed E-state index contributed by atoms with van der Waals surface area (Å²) in [5.41, 5.74) is 1.85. The van der Waals surface area contributed by atoms with Crippen molar-refractivity contribution in [1.82, 2.24) is 0 Å². The molecule has 156 valence electrons. The number of allylic oxidation sites excluding steroid dienone is 1. The second kappa shape index (κ2) is 6.85. The summed E-state index contributed by atoms with van der Waals surface area (Å²) in [5.74, 6) is 0.0335. The van der Waals surface area contributed by atoms with Crippen LogP contribution in [0.3, 0.4) is 0 Å². The van der Waals surface area contributed by atoms with Crippen LogP contribution in [-0.4, -0.2) is 11.6 Å². The number of rotatable bonds is 2. The van der Waals surface area contributed by atoms with Crippen molar-refractivity contribution in [2.45, 2.75) is 0 Å². The van der Waals surface area contributed by atoms with Crippen molar-refractivity contribution in [3.05, 3.63) is 101 Å². The van der Waals surface area contributed by atoms with Gasteiger partial charge in [0.15, 0.2) is 11.6 Å². The van der Waals surface area contributed by atoms with E-state index in [1.807, 2.05) is 54.6 Å². The van der Waals surface area contributed by atoms with Gasteiger partial charge in [0, 0.05) is 37.7 Å². The normalized spacial score (nSPS) is 13.5. The molecular formula is C28H14O3S2. The number of hydrogen-bond donors (Lipinski definition) is 0. The van der Waals surface area contributed by atoms with Crippen LogP contribution in [0.2, 0.25) is 0 Å². The highest BCUT2D eigenvalue weighted by molar-refractivity contribution is 7.28. The van der Waals surface area contributed by atoms with Crippen molar-refractivity contribution in [3.8, 4) is 9.75 Å². The minimum Gasteiger partial charge on any atom is -0.456 e. The largest absolute Gasteiger partial charge is 0.456 e. The molecule has 0 radical (unpaired) electrons. The van der Waals surface area contributed by atoms with Gasteiger partial charge in [0.25, 0.3) is 0 Å². The second-order valence-corrected chi connectivity index (χ2v) is 10.3. The number of benzene rings is 3. The lowest BCUT2D eigenvalue weighted by molar-refractivity contribution is 0.0990. The first-order valence-corrected chi connectivity index (χ1v) is 12.1. The van der Waals surface area contributed by atoms with Crippen molar-refractivity contribution in [3.63, 3.8) is 0 Å². The molecule has 0 saturated heterocycles. The van der Waals surface area contributed by atoms with Gasteiger partial charge in [0.1, 0.15) is 11.3 Å². The van der Waals surface area contributed by atoms with Gasteiger partial charge in [-0.1, -0.05) is 42.5 Å². The summed E-state index contributed by atoms with van der Waals surface area (Å²) < 4.78 is 8.27. The van der Waals surface area contributed by atoms with Gasteiger partial charge in [0.05, 0.1) is 10.3 Å². The van der Waals surface area contributed by atoms with Gasteiger partial charge in [-0.05, 0) is 46.5 Å². The smallest absolute Gasteiger partial charge is 0.197 e. The van der Waals surface area contributed by atoms with Gasteiger partial charge in [-0.25, -0.2) is 0 Å². The predicted octanol–water partition coefficient (Wildman–Crippen LogP) is 7.99. The highest BCUT2D eigenvalue weighted by Crippen LogP contribution is 2.41. The molecule has 0 N–H and O–H groups in total. The van der Waals surface area contributed by atoms with Gasteiger partial charge in [0.2, 0.25) is 0 Å². The average Bonchev–Trinajstić information content (AvgIpc) is 3.57. The van der Waals surface area contributed by atoms with E-state index in [9.17, 15) is 9.59 Å². The summed E-state index contributed by atoms with van der Waals surface area (Å²) in [4.78, 5) is 28.4. The number of thiophene rings is 2. The Labute approximate surface area is 196 Å². The van der Waals surface area contributed by atoms with Gasteiger partial charge in [-0.2, -0.15) is 0 Å². The van der Waals surface area contributed by atoms with Gasteiger partial charge < -0.3 is 4.42 Å². The van der Waals surface area contributed by atoms with E-state index in [0.29, 0.717) is 16.9 Å². The molecule has 0 unspecified atom stereocenters. The second-order valence-electron chi connectivity index (χ2n) is 8.10. The molecule has 33 heavy (non-hydrogen) atoms. The Morgan fingerprint density at radius 1 is 0.636 bits per heavy atom. The molecule has 1 aliphatic carbocycles. The molecule has 0 saturated carbocycles. The average molecular weight is 463 g/mol. The van der Waals surface area contributed by atoms with E-state index in [4.69, 9.17) is 4.42 Å². The highest BCUT2D eigenvalue weighted by Gasteiger charge is 2.33. The predicted molar refractivity (Wildman–Crippen MR) is 135 cm³/mol. The third kappa shape index (κ3) is 2.86. The molecule has 0 amide bonds.